The molecule has 0 saturated heterocycles. The summed E-state index contributed by atoms with van der Waals surface area (Å²) < 4.78 is 4.43. The molecule has 0 saturated carbocycles. The van der Waals surface area contributed by atoms with Crippen LogP contribution in [0.1, 0.15) is 72.8 Å². The monoisotopic (exact) mass is 424 g/mol. The average Bonchev–Trinajstić information content (AvgIpc) is 3.21. The van der Waals surface area contributed by atoms with Crippen molar-refractivity contribution in [3.05, 3.63) is 66.2 Å². The molecule has 0 unspecified atom stereocenters. The van der Waals surface area contributed by atoms with Crippen LogP contribution in [0.25, 0.3) is 5.57 Å². The van der Waals surface area contributed by atoms with Gasteiger partial charge in [-0.3, -0.25) is 4.99 Å². The van der Waals surface area contributed by atoms with Gasteiger partial charge in [-0.05, 0) is 68.3 Å². The lowest BCUT2D eigenvalue weighted by Gasteiger charge is -2.11. The van der Waals surface area contributed by atoms with Crippen molar-refractivity contribution < 1.29 is 0 Å². The Kier molecular flexibility index (Phi) is 12.3. The zero-order valence-corrected chi connectivity index (χ0v) is 20.1. The lowest BCUT2D eigenvalue weighted by Crippen LogP contribution is -2.20. The predicted octanol–water partition coefficient (Wildman–Crippen LogP) is 7.97. The Hall–Kier alpha value is -2.53. The van der Waals surface area contributed by atoms with Gasteiger partial charge in [-0.25, -0.2) is 4.99 Å². The van der Waals surface area contributed by atoms with Gasteiger partial charge < -0.3 is 5.32 Å². The van der Waals surface area contributed by atoms with Crippen LogP contribution in [0.15, 0.2) is 70.6 Å². The van der Waals surface area contributed by atoms with Crippen LogP contribution < -0.4 is 5.32 Å². The van der Waals surface area contributed by atoms with E-state index in [2.05, 4.69) is 54.2 Å². The number of aliphatic imine (C=N–C) groups is 2. The molecule has 0 spiro atoms. The highest BCUT2D eigenvalue weighted by atomic mass is 32.1. The van der Waals surface area contributed by atoms with Crippen molar-refractivity contribution in [3.63, 3.8) is 0 Å². The molecule has 5 heteroatoms. The molecule has 1 heterocycles. The summed E-state index contributed by atoms with van der Waals surface area (Å²) in [5.41, 5.74) is 5.54. The van der Waals surface area contributed by atoms with Crippen LogP contribution in [-0.2, 0) is 0 Å². The lowest BCUT2D eigenvalue weighted by atomic mass is 10.0. The van der Waals surface area contributed by atoms with Crippen LogP contribution in [0.2, 0.25) is 0 Å². The maximum Gasteiger partial charge on any atom is 0.152 e. The van der Waals surface area contributed by atoms with E-state index in [0.717, 1.165) is 58.9 Å². The second-order valence-electron chi connectivity index (χ2n) is 6.71. The van der Waals surface area contributed by atoms with Crippen LogP contribution in [0, 0.1) is 0 Å². The maximum atomic E-state index is 4.70. The molecule has 0 fully saturated rings. The van der Waals surface area contributed by atoms with Gasteiger partial charge in [-0.15, -0.1) is 0 Å². The van der Waals surface area contributed by atoms with E-state index in [1.165, 1.54) is 17.1 Å². The summed E-state index contributed by atoms with van der Waals surface area (Å²) >= 11 is 1.45. The molecule has 0 aliphatic heterocycles. The van der Waals surface area contributed by atoms with Crippen molar-refractivity contribution in [2.75, 3.05) is 5.32 Å². The van der Waals surface area contributed by atoms with Gasteiger partial charge in [0.15, 0.2) is 5.84 Å². The van der Waals surface area contributed by atoms with E-state index >= 15 is 0 Å². The second-order valence-corrected chi connectivity index (χ2v) is 7.51. The third-order valence-electron chi connectivity index (χ3n) is 4.51. The van der Waals surface area contributed by atoms with Crippen LogP contribution in [0.4, 0.5) is 5.00 Å². The number of nitrogens with zero attached hydrogens (tertiary/aromatic N) is 3. The molecule has 1 aromatic rings. The molecule has 0 aliphatic rings. The SMILES string of the molecule is C=CC(=C\C)/C(=C/N=C(C)C(=N/C=C\C)Nc1sncc1/C(=C/CC)CCC)CC. The smallest absolute Gasteiger partial charge is 0.152 e. The summed E-state index contributed by atoms with van der Waals surface area (Å²) in [5, 5.41) is 4.48. The number of nitrogens with one attached hydrogen (secondary N) is 1. The third kappa shape index (κ3) is 7.71. The standard InChI is InChI=1S/C25H36N4S/c1-8-14-22(15-9-2)23-18-28-30-25(23)29-24(26-16-10-3)19(7)27-17-21(13-6)20(11-4)12-5/h10-12,14,16-18H,4,8-9,13,15H2,1-3,5-7H3,(H,26,29)/b16-10-,20-12+,21-17+,22-14+,27-19?. The van der Waals surface area contributed by atoms with E-state index < -0.39 is 0 Å². The number of rotatable bonds is 11. The molecule has 0 atom stereocenters. The molecule has 4 nitrogen and oxygen atoms in total. The van der Waals surface area contributed by atoms with Crippen molar-refractivity contribution in [1.82, 2.24) is 4.37 Å². The van der Waals surface area contributed by atoms with Crippen LogP contribution in [0.3, 0.4) is 0 Å². The Morgan fingerprint density at radius 1 is 1.23 bits per heavy atom. The molecule has 0 amide bonds. The van der Waals surface area contributed by atoms with Crippen LogP contribution in [-0.4, -0.2) is 15.9 Å². The average molecular weight is 425 g/mol. The number of allylic oxidation sites excluding steroid dienone is 7. The first-order chi connectivity index (χ1) is 14.6. The van der Waals surface area contributed by atoms with Crippen LogP contribution in [0.5, 0.6) is 0 Å². The second kappa shape index (κ2) is 14.5. The fourth-order valence-electron chi connectivity index (χ4n) is 2.93. The van der Waals surface area contributed by atoms with Gasteiger partial charge in [0, 0.05) is 18.0 Å². The van der Waals surface area contributed by atoms with Gasteiger partial charge in [0.1, 0.15) is 5.00 Å². The number of hydrogen-bond acceptors (Lipinski definition) is 4. The summed E-state index contributed by atoms with van der Waals surface area (Å²) in [4.78, 5) is 9.29. The molecular formula is C25H36N4S. The lowest BCUT2D eigenvalue weighted by molar-refractivity contribution is 0.968. The highest BCUT2D eigenvalue weighted by Gasteiger charge is 2.13. The first-order valence-corrected chi connectivity index (χ1v) is 11.5. The molecule has 1 rings (SSSR count). The molecule has 162 valence electrons. The molecular weight excluding hydrogens is 388 g/mol. The molecule has 30 heavy (non-hydrogen) atoms. The van der Waals surface area contributed by atoms with E-state index in [-0.39, 0.29) is 0 Å². The summed E-state index contributed by atoms with van der Waals surface area (Å²) in [5.74, 6) is 0.721. The van der Waals surface area contributed by atoms with Crippen molar-refractivity contribution in [2.45, 2.75) is 67.2 Å². The first-order valence-electron chi connectivity index (χ1n) is 10.7. The number of amidine groups is 1. The molecule has 0 aliphatic carbocycles. The minimum absolute atomic E-state index is 0.721. The Balaban J connectivity index is 3.30. The first kappa shape index (κ1) is 25.5. The topological polar surface area (TPSA) is 49.6 Å². The Morgan fingerprint density at radius 2 is 2.00 bits per heavy atom. The van der Waals surface area contributed by atoms with Crippen molar-refractivity contribution in [1.29, 1.82) is 0 Å². The Morgan fingerprint density at radius 3 is 2.57 bits per heavy atom. The van der Waals surface area contributed by atoms with Gasteiger partial charge in [-0.1, -0.05) is 58.1 Å². The summed E-state index contributed by atoms with van der Waals surface area (Å²) in [6.07, 6.45) is 17.8. The quantitative estimate of drug-likeness (QED) is 0.222. The maximum absolute atomic E-state index is 4.70. The van der Waals surface area contributed by atoms with Gasteiger partial charge >= 0.3 is 0 Å². The number of hydrogen-bond donors (Lipinski definition) is 1. The van der Waals surface area contributed by atoms with Crippen molar-refractivity contribution >= 4 is 33.7 Å². The summed E-state index contributed by atoms with van der Waals surface area (Å²) in [6.45, 7) is 16.3. The largest absolute Gasteiger partial charge is 0.329 e. The number of anilines is 1. The van der Waals surface area contributed by atoms with Gasteiger partial charge in [-0.2, -0.15) is 4.37 Å². The van der Waals surface area contributed by atoms with E-state index in [1.807, 2.05) is 45.3 Å². The fraction of sp³-hybridized carbons (Fsp3) is 0.400. The molecule has 0 radical (unpaired) electrons. The van der Waals surface area contributed by atoms with E-state index in [9.17, 15) is 0 Å². The van der Waals surface area contributed by atoms with E-state index in [0.29, 0.717) is 0 Å². The highest BCUT2D eigenvalue weighted by molar-refractivity contribution is 7.10. The van der Waals surface area contributed by atoms with Crippen LogP contribution >= 0.6 is 11.5 Å². The minimum atomic E-state index is 0.721. The Labute approximate surface area is 186 Å². The van der Waals surface area contributed by atoms with Gasteiger partial charge in [0.05, 0.1) is 11.9 Å². The molecule has 1 N–H and O–H groups in total. The van der Waals surface area contributed by atoms with Crippen molar-refractivity contribution in [2.24, 2.45) is 9.98 Å². The van der Waals surface area contributed by atoms with E-state index in [4.69, 9.17) is 4.99 Å². The highest BCUT2D eigenvalue weighted by Crippen LogP contribution is 2.31. The summed E-state index contributed by atoms with van der Waals surface area (Å²) in [6, 6.07) is 0. The Bertz CT molecular complexity index is 863. The minimum Gasteiger partial charge on any atom is -0.329 e. The zero-order valence-electron chi connectivity index (χ0n) is 19.3. The normalized spacial score (nSPS) is 14.5. The zero-order chi connectivity index (χ0) is 22.4. The van der Waals surface area contributed by atoms with E-state index in [1.54, 1.807) is 6.20 Å². The van der Waals surface area contributed by atoms with Crippen molar-refractivity contribution in [3.8, 4) is 0 Å². The molecule has 0 aromatic carbocycles. The predicted molar refractivity (Wildman–Crippen MR) is 137 cm³/mol. The molecule has 1 aromatic heterocycles. The number of aromatic nitrogens is 1. The van der Waals surface area contributed by atoms with Gasteiger partial charge in [0.2, 0.25) is 0 Å². The molecule has 0 bridgehead atoms. The third-order valence-corrected chi connectivity index (χ3v) is 5.23. The summed E-state index contributed by atoms with van der Waals surface area (Å²) in [7, 11) is 0. The van der Waals surface area contributed by atoms with Gasteiger partial charge in [0.25, 0.3) is 0 Å². The fourth-order valence-corrected chi connectivity index (χ4v) is 3.62.